The van der Waals surface area contributed by atoms with Crippen LogP contribution in [0.2, 0.25) is 5.02 Å². The monoisotopic (exact) mass is 386 g/mol. The van der Waals surface area contributed by atoms with Crippen molar-refractivity contribution in [3.05, 3.63) is 29.3 Å². The molecule has 1 saturated heterocycles. The number of benzene rings is 1. The summed E-state index contributed by atoms with van der Waals surface area (Å²) in [5.74, 6) is 1.25. The average molecular weight is 387 g/mol. The van der Waals surface area contributed by atoms with Crippen molar-refractivity contribution in [2.24, 2.45) is 5.92 Å². The summed E-state index contributed by atoms with van der Waals surface area (Å²) in [4.78, 5) is 5.87. The molecule has 0 spiro atoms. The molecule has 0 aliphatic carbocycles. The van der Waals surface area contributed by atoms with E-state index >= 15 is 0 Å². The van der Waals surface area contributed by atoms with Gasteiger partial charge in [-0.2, -0.15) is 0 Å². The van der Waals surface area contributed by atoms with E-state index in [-0.39, 0.29) is 6.10 Å². The molecule has 1 aliphatic rings. The number of rotatable bonds is 10. The van der Waals surface area contributed by atoms with Crippen molar-refractivity contribution in [3.8, 4) is 0 Å². The quantitative estimate of drug-likeness (QED) is 0.625. The zero-order chi connectivity index (χ0) is 18.1. The van der Waals surface area contributed by atoms with Gasteiger partial charge in [-0.05, 0) is 18.1 Å². The summed E-state index contributed by atoms with van der Waals surface area (Å²) < 4.78 is 5.41. The summed E-state index contributed by atoms with van der Waals surface area (Å²) in [7, 11) is 0. The molecule has 1 N–H and O–H groups in total. The van der Waals surface area contributed by atoms with Crippen LogP contribution >= 0.6 is 23.4 Å². The first-order valence-corrected chi connectivity index (χ1v) is 10.5. The Morgan fingerprint density at radius 2 is 1.96 bits per heavy atom. The van der Waals surface area contributed by atoms with Crippen molar-refractivity contribution in [1.29, 1.82) is 0 Å². The molecule has 1 unspecified atom stereocenters. The molecule has 4 nitrogen and oxygen atoms in total. The smallest absolute Gasteiger partial charge is 0.0760 e. The van der Waals surface area contributed by atoms with Gasteiger partial charge in [-0.1, -0.05) is 37.6 Å². The first-order chi connectivity index (χ1) is 12.0. The van der Waals surface area contributed by atoms with E-state index in [1.807, 2.05) is 24.3 Å². The van der Waals surface area contributed by atoms with Crippen molar-refractivity contribution in [2.75, 3.05) is 58.2 Å². The van der Waals surface area contributed by atoms with Crippen LogP contribution in [0.4, 0.5) is 0 Å². The van der Waals surface area contributed by atoms with Crippen LogP contribution in [0.1, 0.15) is 13.8 Å². The van der Waals surface area contributed by atoms with Crippen LogP contribution in [0.25, 0.3) is 0 Å². The number of nitrogens with zero attached hydrogens (tertiary/aromatic N) is 2. The normalized spacial score (nSPS) is 17.4. The predicted molar refractivity (Wildman–Crippen MR) is 107 cm³/mol. The molecule has 1 aromatic rings. The predicted octanol–water partition coefficient (Wildman–Crippen LogP) is 3.08. The van der Waals surface area contributed by atoms with Crippen LogP contribution in [0.5, 0.6) is 0 Å². The van der Waals surface area contributed by atoms with E-state index in [0.29, 0.717) is 18.2 Å². The molecule has 0 aromatic heterocycles. The molecular weight excluding hydrogens is 356 g/mol. The van der Waals surface area contributed by atoms with Gasteiger partial charge in [-0.15, -0.1) is 11.8 Å². The van der Waals surface area contributed by atoms with E-state index in [9.17, 15) is 5.11 Å². The second kappa shape index (κ2) is 11.4. The Morgan fingerprint density at radius 3 is 2.64 bits per heavy atom. The fraction of sp³-hybridized carbons (Fsp3) is 0.684. The van der Waals surface area contributed by atoms with Gasteiger partial charge in [-0.25, -0.2) is 0 Å². The van der Waals surface area contributed by atoms with Crippen molar-refractivity contribution in [2.45, 2.75) is 24.8 Å². The van der Waals surface area contributed by atoms with E-state index in [2.05, 4.69) is 23.6 Å². The lowest BCUT2D eigenvalue weighted by Crippen LogP contribution is -2.44. The van der Waals surface area contributed by atoms with Gasteiger partial charge in [0.2, 0.25) is 0 Å². The van der Waals surface area contributed by atoms with E-state index in [4.69, 9.17) is 16.3 Å². The Kier molecular flexibility index (Phi) is 9.60. The van der Waals surface area contributed by atoms with Crippen molar-refractivity contribution in [1.82, 2.24) is 9.80 Å². The highest BCUT2D eigenvalue weighted by Crippen LogP contribution is 2.27. The van der Waals surface area contributed by atoms with Gasteiger partial charge >= 0.3 is 0 Å². The molecule has 25 heavy (non-hydrogen) atoms. The third-order valence-corrected chi connectivity index (χ3v) is 5.86. The molecule has 1 aromatic carbocycles. The maximum Gasteiger partial charge on any atom is 0.0760 e. The van der Waals surface area contributed by atoms with Gasteiger partial charge in [0, 0.05) is 49.9 Å². The first kappa shape index (κ1) is 21.0. The van der Waals surface area contributed by atoms with E-state index in [1.165, 1.54) is 0 Å². The Labute approximate surface area is 161 Å². The van der Waals surface area contributed by atoms with Crippen molar-refractivity contribution in [3.63, 3.8) is 0 Å². The number of aliphatic hydroxyl groups excluding tert-OH is 1. The molecule has 1 aliphatic heterocycles. The summed E-state index contributed by atoms with van der Waals surface area (Å²) >= 11 is 7.82. The lowest BCUT2D eigenvalue weighted by atomic mass is 10.2. The molecule has 1 fully saturated rings. The second-order valence-electron chi connectivity index (χ2n) is 7.00. The minimum Gasteiger partial charge on any atom is -0.391 e. The Balaban J connectivity index is 1.77. The average Bonchev–Trinajstić information content (AvgIpc) is 2.59. The molecule has 2 rings (SSSR count). The SMILES string of the molecule is CC(C)CN(CCN1CCOCC1)CC(O)CSc1ccccc1Cl. The maximum atomic E-state index is 10.5. The Hall–Kier alpha value is -0.300. The highest BCUT2D eigenvalue weighted by Gasteiger charge is 2.16. The van der Waals surface area contributed by atoms with Gasteiger partial charge in [0.15, 0.2) is 0 Å². The number of thioether (sulfide) groups is 1. The summed E-state index contributed by atoms with van der Waals surface area (Å²) in [6, 6.07) is 7.81. The summed E-state index contributed by atoms with van der Waals surface area (Å²) in [5.41, 5.74) is 0. The first-order valence-electron chi connectivity index (χ1n) is 9.12. The van der Waals surface area contributed by atoms with Crippen molar-refractivity contribution >= 4 is 23.4 Å². The third kappa shape index (κ3) is 8.29. The van der Waals surface area contributed by atoms with E-state index in [1.54, 1.807) is 11.8 Å². The van der Waals surface area contributed by atoms with Crippen LogP contribution in [-0.2, 0) is 4.74 Å². The number of hydrogen-bond donors (Lipinski definition) is 1. The fourth-order valence-corrected chi connectivity index (χ4v) is 4.14. The molecule has 0 saturated carbocycles. The number of aliphatic hydroxyl groups is 1. The van der Waals surface area contributed by atoms with Crippen LogP contribution < -0.4 is 0 Å². The molecule has 0 bridgehead atoms. The number of hydrogen-bond acceptors (Lipinski definition) is 5. The standard InChI is InChI=1S/C19H31ClN2O2S/c1-16(2)13-22(8-7-21-9-11-24-12-10-21)14-17(23)15-25-19-6-4-3-5-18(19)20/h3-6,16-17,23H,7-15H2,1-2H3. The molecule has 6 heteroatoms. The van der Waals surface area contributed by atoms with Gasteiger partial charge in [-0.3, -0.25) is 9.80 Å². The van der Waals surface area contributed by atoms with Gasteiger partial charge < -0.3 is 9.84 Å². The molecule has 1 heterocycles. The third-order valence-electron chi connectivity index (χ3n) is 4.20. The van der Waals surface area contributed by atoms with E-state index < -0.39 is 0 Å². The molecule has 0 amide bonds. The Bertz CT molecular complexity index is 498. The Morgan fingerprint density at radius 1 is 1.24 bits per heavy atom. The minimum absolute atomic E-state index is 0.357. The van der Waals surface area contributed by atoms with Crippen LogP contribution in [0, 0.1) is 5.92 Å². The zero-order valence-electron chi connectivity index (χ0n) is 15.4. The maximum absolute atomic E-state index is 10.5. The topological polar surface area (TPSA) is 35.9 Å². The van der Waals surface area contributed by atoms with Crippen LogP contribution in [-0.4, -0.2) is 79.2 Å². The molecule has 0 radical (unpaired) electrons. The highest BCUT2D eigenvalue weighted by atomic mass is 35.5. The van der Waals surface area contributed by atoms with Crippen molar-refractivity contribution < 1.29 is 9.84 Å². The number of morpholine rings is 1. The number of halogens is 1. The largest absolute Gasteiger partial charge is 0.391 e. The highest BCUT2D eigenvalue weighted by molar-refractivity contribution is 7.99. The van der Waals surface area contributed by atoms with Gasteiger partial charge in [0.05, 0.1) is 24.3 Å². The van der Waals surface area contributed by atoms with Gasteiger partial charge in [0.25, 0.3) is 0 Å². The van der Waals surface area contributed by atoms with E-state index in [0.717, 1.165) is 55.9 Å². The minimum atomic E-state index is -0.357. The summed E-state index contributed by atoms with van der Waals surface area (Å²) in [5, 5.41) is 11.2. The molecule has 142 valence electrons. The summed E-state index contributed by atoms with van der Waals surface area (Å²) in [6.07, 6.45) is -0.357. The fourth-order valence-electron chi connectivity index (χ4n) is 2.98. The second-order valence-corrected chi connectivity index (χ2v) is 8.47. The molecular formula is C19H31ClN2O2S. The lowest BCUT2D eigenvalue weighted by Gasteiger charge is -2.31. The van der Waals surface area contributed by atoms with Gasteiger partial charge in [0.1, 0.15) is 0 Å². The lowest BCUT2D eigenvalue weighted by molar-refractivity contribution is 0.0298. The van der Waals surface area contributed by atoms with Crippen LogP contribution in [0.15, 0.2) is 29.2 Å². The van der Waals surface area contributed by atoms with Crippen LogP contribution in [0.3, 0.4) is 0 Å². The zero-order valence-corrected chi connectivity index (χ0v) is 16.9. The number of ether oxygens (including phenoxy) is 1. The molecule has 1 atom stereocenters. The summed E-state index contributed by atoms with van der Waals surface area (Å²) in [6.45, 7) is 11.9.